The molecule has 1 aromatic rings. The van der Waals surface area contributed by atoms with Crippen LogP contribution in [-0.2, 0) is 21.3 Å². The first-order valence-electron chi connectivity index (χ1n) is 4.35. The summed E-state index contributed by atoms with van der Waals surface area (Å²) in [4.78, 5) is 11.0. The maximum atomic E-state index is 11.0. The Labute approximate surface area is 92.5 Å². The van der Waals surface area contributed by atoms with Gasteiger partial charge in [-0.3, -0.25) is 9.35 Å². The molecule has 1 rings (SSSR count). The summed E-state index contributed by atoms with van der Waals surface area (Å²) >= 11 is 0. The zero-order chi connectivity index (χ0) is 12.3. The van der Waals surface area contributed by atoms with Gasteiger partial charge in [0, 0.05) is 0 Å². The second-order valence-corrected chi connectivity index (χ2v) is 4.62. The molecule has 0 aliphatic heterocycles. The predicted molar refractivity (Wildman–Crippen MR) is 56.3 cm³/mol. The molecule has 0 radical (unpaired) electrons. The number of carbonyl (C=O) groups is 1. The first kappa shape index (κ1) is 12.6. The summed E-state index contributed by atoms with van der Waals surface area (Å²) in [6, 6.07) is 4.47. The number of benzene rings is 1. The molecule has 0 spiro atoms. The Morgan fingerprint density at radius 1 is 1.31 bits per heavy atom. The summed E-state index contributed by atoms with van der Waals surface area (Å²) in [5, 5.41) is 7.58. The number of nitrogens with two attached hydrogens (primary N) is 1. The number of aromatic hydroxyl groups is 1. The molecule has 4 N–H and O–H groups in total. The number of carbonyl (C=O) groups excluding carboxylic acids is 1. The van der Waals surface area contributed by atoms with E-state index in [9.17, 15) is 13.2 Å². The van der Waals surface area contributed by atoms with Crippen LogP contribution in [0.3, 0.4) is 0 Å². The summed E-state index contributed by atoms with van der Waals surface area (Å²) in [5.74, 6) is 0.0541. The zero-order valence-electron chi connectivity index (χ0n) is 8.20. The minimum Gasteiger partial charge on any atom is -0.508 e. The average Bonchev–Trinajstić information content (AvgIpc) is 2.19. The number of phenolic OH excluding ortho intramolecular Hbond substituents is 1. The van der Waals surface area contributed by atoms with Crippen LogP contribution in [0.1, 0.15) is 5.56 Å². The van der Waals surface area contributed by atoms with Crippen LogP contribution in [0.5, 0.6) is 5.75 Å². The van der Waals surface area contributed by atoms with Gasteiger partial charge in [-0.05, 0) is 24.1 Å². The van der Waals surface area contributed by atoms with Crippen LogP contribution < -0.4 is 5.73 Å². The third kappa shape index (κ3) is 3.30. The van der Waals surface area contributed by atoms with Crippen molar-refractivity contribution < 1.29 is 22.9 Å². The fraction of sp³-hybridized carbons (Fsp3) is 0.222. The molecule has 6 nitrogen and oxygen atoms in total. The summed E-state index contributed by atoms with van der Waals surface area (Å²) in [6.07, 6.45) is -0.0289. The fourth-order valence-electron chi connectivity index (χ4n) is 1.16. The second-order valence-electron chi connectivity index (χ2n) is 3.27. The van der Waals surface area contributed by atoms with E-state index in [1.54, 1.807) is 0 Å². The van der Waals surface area contributed by atoms with Crippen molar-refractivity contribution in [3.63, 3.8) is 0 Å². The Bertz CT molecular complexity index is 479. The molecule has 0 aromatic heterocycles. The highest BCUT2D eigenvalue weighted by Gasteiger charge is 2.26. The van der Waals surface area contributed by atoms with E-state index in [-0.39, 0.29) is 12.2 Å². The van der Waals surface area contributed by atoms with Crippen molar-refractivity contribution in [2.24, 2.45) is 5.73 Å². The number of hydrogen-bond acceptors (Lipinski definition) is 5. The summed E-state index contributed by atoms with van der Waals surface area (Å²) in [5.41, 5.74) is 5.91. The van der Waals surface area contributed by atoms with Crippen LogP contribution in [0.4, 0.5) is 0 Å². The van der Waals surface area contributed by atoms with E-state index in [4.69, 9.17) is 15.4 Å². The van der Waals surface area contributed by atoms with Gasteiger partial charge < -0.3 is 10.8 Å². The van der Waals surface area contributed by atoms with Crippen LogP contribution in [0.15, 0.2) is 24.3 Å². The van der Waals surface area contributed by atoms with E-state index in [0.717, 1.165) is 0 Å². The summed E-state index contributed by atoms with van der Waals surface area (Å²) < 4.78 is 29.5. The van der Waals surface area contributed by atoms with E-state index in [1.807, 2.05) is 0 Å². The molecule has 16 heavy (non-hydrogen) atoms. The molecule has 0 saturated heterocycles. The molecular formula is C9H11NO5S. The van der Waals surface area contributed by atoms with Crippen molar-refractivity contribution in [1.82, 2.24) is 0 Å². The number of phenols is 1. The van der Waals surface area contributed by atoms with Gasteiger partial charge in [0.15, 0.2) is 0 Å². The molecule has 0 amide bonds. The van der Waals surface area contributed by atoms with Crippen LogP contribution in [-0.4, -0.2) is 29.2 Å². The lowest BCUT2D eigenvalue weighted by Crippen LogP contribution is -2.37. The SMILES string of the molecule is N[C@@H](Cc1ccc(O)cc1)C(=O)S(=O)(=O)O. The molecule has 0 fully saturated rings. The normalized spacial score (nSPS) is 13.4. The molecule has 0 unspecified atom stereocenters. The lowest BCUT2D eigenvalue weighted by molar-refractivity contribution is -0.113. The van der Waals surface area contributed by atoms with Crippen molar-refractivity contribution in [3.05, 3.63) is 29.8 Å². The summed E-state index contributed by atoms with van der Waals surface area (Å²) in [6.45, 7) is 0. The number of rotatable bonds is 3. The molecule has 88 valence electrons. The topological polar surface area (TPSA) is 118 Å². The largest absolute Gasteiger partial charge is 0.508 e. The predicted octanol–water partition coefficient (Wildman–Crippen LogP) is -0.324. The van der Waals surface area contributed by atoms with Gasteiger partial charge in [0.25, 0.3) is 5.12 Å². The van der Waals surface area contributed by atoms with Gasteiger partial charge in [0.05, 0.1) is 6.04 Å². The van der Waals surface area contributed by atoms with E-state index in [1.165, 1.54) is 24.3 Å². The molecule has 1 aromatic carbocycles. The van der Waals surface area contributed by atoms with Crippen molar-refractivity contribution in [2.75, 3.05) is 0 Å². The first-order chi connectivity index (χ1) is 7.30. The van der Waals surface area contributed by atoms with E-state index in [2.05, 4.69) is 0 Å². The first-order valence-corrected chi connectivity index (χ1v) is 5.79. The molecule has 0 bridgehead atoms. The maximum absolute atomic E-state index is 11.0. The molecule has 0 saturated carbocycles. The molecule has 0 heterocycles. The Kier molecular flexibility index (Phi) is 3.63. The van der Waals surface area contributed by atoms with E-state index in [0.29, 0.717) is 5.56 Å². The Morgan fingerprint density at radius 2 is 1.81 bits per heavy atom. The van der Waals surface area contributed by atoms with E-state index >= 15 is 0 Å². The Hall–Kier alpha value is -1.44. The highest BCUT2D eigenvalue weighted by Crippen LogP contribution is 2.11. The van der Waals surface area contributed by atoms with Gasteiger partial charge in [-0.15, -0.1) is 0 Å². The van der Waals surface area contributed by atoms with Crippen LogP contribution >= 0.6 is 0 Å². The molecule has 7 heteroatoms. The lowest BCUT2D eigenvalue weighted by atomic mass is 10.1. The molecule has 0 aliphatic rings. The lowest BCUT2D eigenvalue weighted by Gasteiger charge is -2.08. The van der Waals surface area contributed by atoms with Crippen molar-refractivity contribution in [2.45, 2.75) is 12.5 Å². The third-order valence-corrected chi connectivity index (χ3v) is 2.76. The van der Waals surface area contributed by atoms with Gasteiger partial charge in [-0.1, -0.05) is 12.1 Å². The molecule has 1 atom stereocenters. The monoisotopic (exact) mass is 245 g/mol. The zero-order valence-corrected chi connectivity index (χ0v) is 9.02. The van der Waals surface area contributed by atoms with Crippen molar-refractivity contribution in [3.8, 4) is 5.75 Å². The Morgan fingerprint density at radius 3 is 2.25 bits per heavy atom. The van der Waals surface area contributed by atoms with Crippen LogP contribution in [0, 0.1) is 0 Å². The highest BCUT2D eigenvalue weighted by molar-refractivity contribution is 8.01. The van der Waals surface area contributed by atoms with Gasteiger partial charge in [0.2, 0.25) is 0 Å². The maximum Gasteiger partial charge on any atom is 0.330 e. The molecule has 0 aliphatic carbocycles. The van der Waals surface area contributed by atoms with E-state index < -0.39 is 21.3 Å². The van der Waals surface area contributed by atoms with Gasteiger partial charge >= 0.3 is 10.1 Å². The highest BCUT2D eigenvalue weighted by atomic mass is 32.2. The summed E-state index contributed by atoms with van der Waals surface area (Å²) in [7, 11) is -4.74. The van der Waals surface area contributed by atoms with Crippen molar-refractivity contribution >= 4 is 15.2 Å². The quantitative estimate of drug-likeness (QED) is 0.628. The second kappa shape index (κ2) is 4.60. The van der Waals surface area contributed by atoms with Crippen LogP contribution in [0.2, 0.25) is 0 Å². The van der Waals surface area contributed by atoms with Crippen molar-refractivity contribution in [1.29, 1.82) is 0 Å². The van der Waals surface area contributed by atoms with Gasteiger partial charge in [-0.2, -0.15) is 8.42 Å². The van der Waals surface area contributed by atoms with Gasteiger partial charge in [-0.25, -0.2) is 0 Å². The van der Waals surface area contributed by atoms with Gasteiger partial charge in [0.1, 0.15) is 5.75 Å². The molecular weight excluding hydrogens is 234 g/mol. The average molecular weight is 245 g/mol. The minimum atomic E-state index is -4.74. The van der Waals surface area contributed by atoms with Crippen LogP contribution in [0.25, 0.3) is 0 Å². The Balaban J connectivity index is 2.76. The third-order valence-electron chi connectivity index (χ3n) is 1.95. The minimum absolute atomic E-state index is 0.0289. The number of hydrogen-bond donors (Lipinski definition) is 3. The smallest absolute Gasteiger partial charge is 0.330 e. The standard InChI is InChI=1S/C9H11NO5S/c10-8(9(12)16(13,14)15)5-6-1-3-7(11)4-2-6/h1-4,8,11H,5,10H2,(H,13,14,15)/t8-/m0/s1. The fourth-order valence-corrected chi connectivity index (χ4v) is 1.63.